The van der Waals surface area contributed by atoms with E-state index in [-0.39, 0.29) is 17.4 Å². The second-order valence-corrected chi connectivity index (χ2v) is 6.34. The lowest BCUT2D eigenvalue weighted by molar-refractivity contribution is -0.124. The molecular formula is C13H24ClNO. The summed E-state index contributed by atoms with van der Waals surface area (Å²) < 4.78 is 0. The van der Waals surface area contributed by atoms with Crippen molar-refractivity contribution in [1.82, 2.24) is 5.32 Å². The molecule has 0 saturated heterocycles. The second-order valence-electron chi connectivity index (χ2n) is 5.96. The molecule has 0 spiro atoms. The van der Waals surface area contributed by atoms with Gasteiger partial charge in [0.05, 0.1) is 0 Å². The molecular weight excluding hydrogens is 222 g/mol. The van der Waals surface area contributed by atoms with E-state index in [9.17, 15) is 4.79 Å². The maximum atomic E-state index is 11.8. The van der Waals surface area contributed by atoms with Crippen molar-refractivity contribution in [2.24, 2.45) is 11.3 Å². The number of hydrogen-bond donors (Lipinski definition) is 1. The van der Waals surface area contributed by atoms with Crippen LogP contribution in [0.5, 0.6) is 0 Å². The van der Waals surface area contributed by atoms with Crippen LogP contribution in [0.1, 0.15) is 52.9 Å². The van der Waals surface area contributed by atoms with Gasteiger partial charge in [-0.3, -0.25) is 4.79 Å². The van der Waals surface area contributed by atoms with Crippen molar-refractivity contribution in [2.75, 3.05) is 5.88 Å². The zero-order valence-corrected chi connectivity index (χ0v) is 11.4. The minimum Gasteiger partial charge on any atom is -0.353 e. The number of amides is 1. The Labute approximate surface area is 104 Å². The molecule has 16 heavy (non-hydrogen) atoms. The molecule has 1 atom stereocenters. The minimum absolute atomic E-state index is 0.0875. The van der Waals surface area contributed by atoms with Crippen molar-refractivity contribution < 1.29 is 4.79 Å². The van der Waals surface area contributed by atoms with Gasteiger partial charge in [0.1, 0.15) is 0 Å². The summed E-state index contributed by atoms with van der Waals surface area (Å²) in [5.74, 6) is 1.44. The Bertz CT molecular complexity index is 231. The summed E-state index contributed by atoms with van der Waals surface area (Å²) in [4.78, 5) is 11.8. The topological polar surface area (TPSA) is 29.1 Å². The molecule has 94 valence electrons. The lowest BCUT2D eigenvalue weighted by Gasteiger charge is -2.32. The van der Waals surface area contributed by atoms with Crippen LogP contribution in [-0.4, -0.2) is 17.8 Å². The fraction of sp³-hybridized carbons (Fsp3) is 0.923. The first-order chi connectivity index (χ1) is 7.43. The zero-order chi connectivity index (χ0) is 12.2. The molecule has 0 aliphatic heterocycles. The summed E-state index contributed by atoms with van der Waals surface area (Å²) >= 11 is 5.78. The maximum absolute atomic E-state index is 11.8. The van der Waals surface area contributed by atoms with Gasteiger partial charge in [-0.2, -0.15) is 0 Å². The highest BCUT2D eigenvalue weighted by Gasteiger charge is 2.27. The van der Waals surface area contributed by atoms with Crippen LogP contribution >= 0.6 is 11.6 Å². The van der Waals surface area contributed by atoms with Gasteiger partial charge >= 0.3 is 0 Å². The highest BCUT2D eigenvalue weighted by atomic mass is 35.5. The third-order valence-corrected chi connectivity index (χ3v) is 3.70. The summed E-state index contributed by atoms with van der Waals surface area (Å²) in [6.07, 6.45) is 5.30. The lowest BCUT2D eigenvalue weighted by Crippen LogP contribution is -2.44. The van der Waals surface area contributed by atoms with Gasteiger partial charge < -0.3 is 5.32 Å². The second kappa shape index (κ2) is 5.90. The Balaban J connectivity index is 2.37. The van der Waals surface area contributed by atoms with Crippen LogP contribution in [-0.2, 0) is 4.79 Å². The maximum Gasteiger partial charge on any atom is 0.220 e. The van der Waals surface area contributed by atoms with Crippen molar-refractivity contribution in [2.45, 2.75) is 58.9 Å². The highest BCUT2D eigenvalue weighted by molar-refractivity contribution is 6.17. The van der Waals surface area contributed by atoms with Crippen LogP contribution in [0.2, 0.25) is 0 Å². The van der Waals surface area contributed by atoms with Crippen molar-refractivity contribution in [3.05, 3.63) is 0 Å². The molecule has 0 radical (unpaired) electrons. The first-order valence-corrected chi connectivity index (χ1v) is 6.82. The van der Waals surface area contributed by atoms with E-state index in [1.54, 1.807) is 0 Å². The summed E-state index contributed by atoms with van der Waals surface area (Å²) in [5, 5.41) is 3.13. The zero-order valence-electron chi connectivity index (χ0n) is 10.7. The third-order valence-electron chi connectivity index (χ3n) is 3.48. The van der Waals surface area contributed by atoms with Gasteiger partial charge in [-0.25, -0.2) is 0 Å². The van der Waals surface area contributed by atoms with Crippen LogP contribution < -0.4 is 5.32 Å². The monoisotopic (exact) mass is 245 g/mol. The average Bonchev–Trinajstić information content (AvgIpc) is 2.09. The molecule has 1 amide bonds. The molecule has 1 aliphatic rings. The average molecular weight is 246 g/mol. The van der Waals surface area contributed by atoms with Gasteiger partial charge in [0, 0.05) is 18.3 Å². The molecule has 2 nitrogen and oxygen atoms in total. The number of carbonyl (C=O) groups is 1. The number of halogens is 1. The van der Waals surface area contributed by atoms with Gasteiger partial charge in [-0.1, -0.05) is 27.2 Å². The summed E-state index contributed by atoms with van der Waals surface area (Å²) in [6, 6.07) is 0.192. The number of hydrogen-bond acceptors (Lipinski definition) is 1. The smallest absolute Gasteiger partial charge is 0.220 e. The molecule has 1 aliphatic carbocycles. The molecule has 1 rings (SSSR count). The van der Waals surface area contributed by atoms with E-state index in [1.807, 2.05) is 0 Å². The fourth-order valence-electron chi connectivity index (χ4n) is 2.04. The van der Waals surface area contributed by atoms with E-state index < -0.39 is 0 Å². The van der Waals surface area contributed by atoms with Crippen molar-refractivity contribution in [1.29, 1.82) is 0 Å². The largest absolute Gasteiger partial charge is 0.353 e. The molecule has 0 heterocycles. The normalized spacial score (nSPS) is 19.0. The molecule has 0 aromatic carbocycles. The van der Waals surface area contributed by atoms with E-state index in [0.29, 0.717) is 18.2 Å². The minimum atomic E-state index is 0.0875. The molecule has 1 N–H and O–H groups in total. The fourth-order valence-corrected chi connectivity index (χ4v) is 2.26. The summed E-state index contributed by atoms with van der Waals surface area (Å²) in [5.41, 5.74) is 0.0875. The van der Waals surface area contributed by atoms with Crippen LogP contribution in [0.15, 0.2) is 0 Å². The Hall–Kier alpha value is -0.240. The van der Waals surface area contributed by atoms with Crippen molar-refractivity contribution in [3.63, 3.8) is 0 Å². The molecule has 1 saturated carbocycles. The van der Waals surface area contributed by atoms with Gasteiger partial charge in [0.25, 0.3) is 0 Å². The molecule has 3 heteroatoms. The number of carbonyl (C=O) groups excluding carboxylic acids is 1. The van der Waals surface area contributed by atoms with E-state index in [0.717, 1.165) is 6.42 Å². The molecule has 1 unspecified atom stereocenters. The van der Waals surface area contributed by atoms with Crippen molar-refractivity contribution in [3.8, 4) is 0 Å². The van der Waals surface area contributed by atoms with Gasteiger partial charge in [0.2, 0.25) is 5.91 Å². The summed E-state index contributed by atoms with van der Waals surface area (Å²) in [7, 11) is 0. The van der Waals surface area contributed by atoms with Crippen LogP contribution in [0.25, 0.3) is 0 Å². The molecule has 0 aromatic heterocycles. The predicted octanol–water partition coefficient (Wildman–Crippen LogP) is 3.34. The Kier molecular flexibility index (Phi) is 5.10. The molecule has 0 aromatic rings. The van der Waals surface area contributed by atoms with E-state index in [1.165, 1.54) is 19.3 Å². The van der Waals surface area contributed by atoms with Crippen molar-refractivity contribution >= 4 is 17.5 Å². The molecule has 0 bridgehead atoms. The van der Waals surface area contributed by atoms with Gasteiger partial charge in [0.15, 0.2) is 0 Å². The third kappa shape index (κ3) is 4.32. The summed E-state index contributed by atoms with van der Waals surface area (Å²) in [6.45, 7) is 6.44. The van der Waals surface area contributed by atoms with Gasteiger partial charge in [-0.15, -0.1) is 11.6 Å². The predicted molar refractivity (Wildman–Crippen MR) is 68.7 cm³/mol. The Morgan fingerprint density at radius 2 is 2.06 bits per heavy atom. The quantitative estimate of drug-likeness (QED) is 0.740. The number of nitrogens with one attached hydrogen (secondary N) is 1. The first-order valence-electron chi connectivity index (χ1n) is 6.29. The lowest BCUT2D eigenvalue weighted by atomic mass is 9.82. The standard InChI is InChI=1S/C13H24ClNO/c1-13(2,3)11(7-8-14)15-12(16)9-10-5-4-6-10/h10-11H,4-9H2,1-3H3,(H,15,16). The van der Waals surface area contributed by atoms with Crippen LogP contribution in [0.3, 0.4) is 0 Å². The first kappa shape index (κ1) is 13.8. The Morgan fingerprint density at radius 1 is 1.44 bits per heavy atom. The van der Waals surface area contributed by atoms with Crippen LogP contribution in [0, 0.1) is 11.3 Å². The number of rotatable bonds is 5. The van der Waals surface area contributed by atoms with E-state index in [4.69, 9.17) is 11.6 Å². The van der Waals surface area contributed by atoms with E-state index in [2.05, 4.69) is 26.1 Å². The Morgan fingerprint density at radius 3 is 2.44 bits per heavy atom. The SMILES string of the molecule is CC(C)(C)C(CCCl)NC(=O)CC1CCC1. The highest BCUT2D eigenvalue weighted by Crippen LogP contribution is 2.29. The van der Waals surface area contributed by atoms with E-state index >= 15 is 0 Å². The van der Waals surface area contributed by atoms with Crippen LogP contribution in [0.4, 0.5) is 0 Å². The number of alkyl halides is 1. The van der Waals surface area contributed by atoms with Gasteiger partial charge in [-0.05, 0) is 30.6 Å². The molecule has 1 fully saturated rings.